The molecule has 0 radical (unpaired) electrons. The van der Waals surface area contributed by atoms with Crippen LogP contribution in [0.15, 0.2) is 12.1 Å². The molecule has 0 N–H and O–H groups in total. The normalized spacial score (nSPS) is 12.6. The average Bonchev–Trinajstić information content (AvgIpc) is 2.10. The highest BCUT2D eigenvalue weighted by Gasteiger charge is 2.14. The number of rotatable bonds is 3. The number of hydrogen-bond acceptors (Lipinski definition) is 1. The summed E-state index contributed by atoms with van der Waals surface area (Å²) in [6, 6.07) is 1.10. The third-order valence-electron chi connectivity index (χ3n) is 1.65. The van der Waals surface area contributed by atoms with E-state index in [1.807, 2.05) is 0 Å². The first kappa shape index (κ1) is 11.0. The van der Waals surface area contributed by atoms with Gasteiger partial charge in [0, 0.05) is 24.1 Å². The number of halogens is 4. The fourth-order valence-corrected chi connectivity index (χ4v) is 1.16. The van der Waals surface area contributed by atoms with Gasteiger partial charge in [-0.15, -0.1) is 11.6 Å². The van der Waals surface area contributed by atoms with Crippen LogP contribution in [0.3, 0.4) is 0 Å². The summed E-state index contributed by atoms with van der Waals surface area (Å²) < 4.78 is 38.4. The summed E-state index contributed by atoms with van der Waals surface area (Å²) in [5.74, 6) is -3.06. The molecule has 0 bridgehead atoms. The van der Waals surface area contributed by atoms with E-state index in [-0.39, 0.29) is 12.0 Å². The monoisotopic (exact) mass is 222 g/mol. The molecule has 14 heavy (non-hydrogen) atoms. The topological polar surface area (TPSA) is 17.1 Å². The van der Waals surface area contributed by atoms with E-state index in [2.05, 4.69) is 0 Å². The van der Waals surface area contributed by atoms with Gasteiger partial charge < -0.3 is 4.79 Å². The van der Waals surface area contributed by atoms with Crippen molar-refractivity contribution in [1.29, 1.82) is 0 Å². The average molecular weight is 223 g/mol. The molecule has 1 aromatic rings. The predicted molar refractivity (Wildman–Crippen MR) is 45.7 cm³/mol. The molecule has 0 fully saturated rings. The molecule has 0 spiro atoms. The van der Waals surface area contributed by atoms with Crippen LogP contribution < -0.4 is 0 Å². The van der Waals surface area contributed by atoms with Crippen molar-refractivity contribution in [2.24, 2.45) is 0 Å². The Morgan fingerprint density at radius 2 is 1.79 bits per heavy atom. The summed E-state index contributed by atoms with van der Waals surface area (Å²) in [5, 5.41) is -1.01. The first-order chi connectivity index (χ1) is 6.54. The second-order valence-electron chi connectivity index (χ2n) is 2.70. The standard InChI is InChI=1S/C9H6ClF3O/c10-5(4-14)1-7-8(12)2-6(11)3-9(7)13/h2-5H,1H2. The Kier molecular flexibility index (Phi) is 3.52. The summed E-state index contributed by atoms with van der Waals surface area (Å²) >= 11 is 5.39. The van der Waals surface area contributed by atoms with Crippen LogP contribution in [0.5, 0.6) is 0 Å². The molecule has 0 aliphatic heterocycles. The van der Waals surface area contributed by atoms with Gasteiger partial charge in [0.2, 0.25) is 0 Å². The Hall–Kier alpha value is -1.03. The summed E-state index contributed by atoms with van der Waals surface area (Å²) in [6.45, 7) is 0. The van der Waals surface area contributed by atoms with Gasteiger partial charge >= 0.3 is 0 Å². The molecule has 0 amide bonds. The number of carbonyl (C=O) groups excluding carboxylic acids is 1. The molecule has 5 heteroatoms. The van der Waals surface area contributed by atoms with Gasteiger partial charge in [-0.1, -0.05) is 0 Å². The van der Waals surface area contributed by atoms with Crippen LogP contribution in [0, 0.1) is 17.5 Å². The maximum Gasteiger partial charge on any atom is 0.138 e. The zero-order valence-corrected chi connectivity index (χ0v) is 7.69. The molecule has 1 nitrogen and oxygen atoms in total. The first-order valence-electron chi connectivity index (χ1n) is 3.77. The molecule has 0 aliphatic carbocycles. The van der Waals surface area contributed by atoms with Crippen molar-refractivity contribution in [2.45, 2.75) is 11.8 Å². The molecule has 1 rings (SSSR count). The van der Waals surface area contributed by atoms with Crippen molar-refractivity contribution in [2.75, 3.05) is 0 Å². The second-order valence-corrected chi connectivity index (χ2v) is 3.26. The Bertz CT molecular complexity index is 331. The zero-order valence-electron chi connectivity index (χ0n) is 6.94. The van der Waals surface area contributed by atoms with E-state index < -0.39 is 22.8 Å². The van der Waals surface area contributed by atoms with Crippen LogP contribution in [0.25, 0.3) is 0 Å². The van der Waals surface area contributed by atoms with Crippen molar-refractivity contribution in [1.82, 2.24) is 0 Å². The first-order valence-corrected chi connectivity index (χ1v) is 4.21. The van der Waals surface area contributed by atoms with Gasteiger partial charge in [-0.25, -0.2) is 13.2 Å². The molecule has 0 aliphatic rings. The number of aldehydes is 1. The molecule has 0 aromatic heterocycles. The SMILES string of the molecule is O=CC(Cl)Cc1c(F)cc(F)cc1F. The van der Waals surface area contributed by atoms with Crippen LogP contribution in [-0.4, -0.2) is 11.7 Å². The van der Waals surface area contributed by atoms with Gasteiger partial charge in [0.25, 0.3) is 0 Å². The van der Waals surface area contributed by atoms with E-state index >= 15 is 0 Å². The molecule has 0 heterocycles. The maximum absolute atomic E-state index is 13.0. The lowest BCUT2D eigenvalue weighted by atomic mass is 10.1. The second kappa shape index (κ2) is 4.46. The van der Waals surface area contributed by atoms with Crippen molar-refractivity contribution in [3.63, 3.8) is 0 Å². The van der Waals surface area contributed by atoms with Crippen LogP contribution in [0.2, 0.25) is 0 Å². The van der Waals surface area contributed by atoms with Gasteiger partial charge in [-0.05, 0) is 0 Å². The minimum absolute atomic E-state index is 0.289. The third kappa shape index (κ3) is 2.48. The molecular weight excluding hydrogens is 217 g/mol. The van der Waals surface area contributed by atoms with Crippen LogP contribution in [-0.2, 0) is 11.2 Å². The highest BCUT2D eigenvalue weighted by molar-refractivity contribution is 6.27. The van der Waals surface area contributed by atoms with E-state index in [0.717, 1.165) is 0 Å². The van der Waals surface area contributed by atoms with E-state index in [1.54, 1.807) is 0 Å². The zero-order chi connectivity index (χ0) is 10.7. The summed E-state index contributed by atoms with van der Waals surface area (Å²) in [6.07, 6.45) is 0.0762. The van der Waals surface area contributed by atoms with Gasteiger partial charge in [0.1, 0.15) is 23.7 Å². The quantitative estimate of drug-likeness (QED) is 0.567. The van der Waals surface area contributed by atoms with E-state index in [9.17, 15) is 18.0 Å². The largest absolute Gasteiger partial charge is 0.302 e. The molecule has 0 saturated carbocycles. The van der Waals surface area contributed by atoms with Gasteiger partial charge in [-0.2, -0.15) is 0 Å². The highest BCUT2D eigenvalue weighted by atomic mass is 35.5. The molecule has 1 atom stereocenters. The molecular formula is C9H6ClF3O. The summed E-state index contributed by atoms with van der Waals surface area (Å²) in [4.78, 5) is 10.1. The lowest BCUT2D eigenvalue weighted by molar-refractivity contribution is -0.107. The number of carbonyl (C=O) groups is 1. The van der Waals surface area contributed by atoms with Crippen molar-refractivity contribution in [3.05, 3.63) is 35.1 Å². The predicted octanol–water partition coefficient (Wildman–Crippen LogP) is 2.45. The molecule has 0 saturated heterocycles. The third-order valence-corrected chi connectivity index (χ3v) is 1.91. The van der Waals surface area contributed by atoms with Crippen LogP contribution in [0.4, 0.5) is 13.2 Å². The maximum atomic E-state index is 13.0. The van der Waals surface area contributed by atoms with Crippen molar-refractivity contribution in [3.8, 4) is 0 Å². The fourth-order valence-electron chi connectivity index (χ4n) is 1.01. The summed E-state index contributed by atoms with van der Waals surface area (Å²) in [5.41, 5.74) is -0.376. The van der Waals surface area contributed by atoms with Crippen molar-refractivity contribution >= 4 is 17.9 Å². The van der Waals surface area contributed by atoms with Crippen LogP contribution in [0.1, 0.15) is 5.56 Å². The molecule has 76 valence electrons. The smallest absolute Gasteiger partial charge is 0.138 e. The molecule has 1 unspecified atom stereocenters. The van der Waals surface area contributed by atoms with Crippen molar-refractivity contribution < 1.29 is 18.0 Å². The Balaban J connectivity index is 3.02. The van der Waals surface area contributed by atoms with E-state index in [4.69, 9.17) is 11.6 Å². The fraction of sp³-hybridized carbons (Fsp3) is 0.222. The van der Waals surface area contributed by atoms with Gasteiger partial charge in [-0.3, -0.25) is 0 Å². The minimum atomic E-state index is -1.03. The molecule has 1 aromatic carbocycles. The highest BCUT2D eigenvalue weighted by Crippen LogP contribution is 2.17. The summed E-state index contributed by atoms with van der Waals surface area (Å²) in [7, 11) is 0. The number of hydrogen-bond donors (Lipinski definition) is 0. The van der Waals surface area contributed by atoms with Gasteiger partial charge in [0.15, 0.2) is 0 Å². The Morgan fingerprint density at radius 1 is 1.29 bits per heavy atom. The van der Waals surface area contributed by atoms with E-state index in [1.165, 1.54) is 0 Å². The number of benzene rings is 1. The minimum Gasteiger partial charge on any atom is -0.302 e. The Labute approximate surface area is 83.5 Å². The number of alkyl halides is 1. The van der Waals surface area contributed by atoms with E-state index in [0.29, 0.717) is 18.4 Å². The van der Waals surface area contributed by atoms with Gasteiger partial charge in [0.05, 0.1) is 5.38 Å². The Morgan fingerprint density at radius 3 is 2.21 bits per heavy atom. The van der Waals surface area contributed by atoms with Crippen LogP contribution >= 0.6 is 11.6 Å². The lowest BCUT2D eigenvalue weighted by Crippen LogP contribution is -2.08. The lowest BCUT2D eigenvalue weighted by Gasteiger charge is -2.05.